The van der Waals surface area contributed by atoms with E-state index in [9.17, 15) is 0 Å². The van der Waals surface area contributed by atoms with E-state index < -0.39 is 0 Å². The van der Waals surface area contributed by atoms with E-state index in [1.807, 2.05) is 11.6 Å². The van der Waals surface area contributed by atoms with Gasteiger partial charge in [-0.1, -0.05) is 28.9 Å². The first-order valence-electron chi connectivity index (χ1n) is 5.71. The fourth-order valence-corrected chi connectivity index (χ4v) is 2.94. The Hall–Kier alpha value is -0.850. The molecule has 2 aromatic rings. The lowest BCUT2D eigenvalue weighted by Crippen LogP contribution is -2.12. The average Bonchev–Trinajstić information content (AvgIpc) is 2.74. The zero-order valence-corrected chi connectivity index (χ0v) is 12.8. The van der Waals surface area contributed by atoms with Crippen LogP contribution >= 0.6 is 27.7 Å². The molecule has 0 bridgehead atoms. The van der Waals surface area contributed by atoms with Crippen molar-refractivity contribution in [3.63, 3.8) is 0 Å². The number of benzene rings is 1. The molecule has 0 fully saturated rings. The summed E-state index contributed by atoms with van der Waals surface area (Å²) in [5.74, 6) is 0. The fourth-order valence-electron chi connectivity index (χ4n) is 1.49. The van der Waals surface area contributed by atoms with Crippen LogP contribution in [-0.2, 0) is 13.6 Å². The monoisotopic (exact) mass is 326 g/mol. The van der Waals surface area contributed by atoms with Gasteiger partial charge in [0.15, 0.2) is 5.16 Å². The molecular formula is C12H15BrN4S. The lowest BCUT2D eigenvalue weighted by atomic mass is 10.2. The maximum Gasteiger partial charge on any atom is 0.195 e. The molecule has 4 nitrogen and oxygen atoms in total. The lowest BCUT2D eigenvalue weighted by Gasteiger charge is -2.09. The van der Waals surface area contributed by atoms with Crippen molar-refractivity contribution in [2.75, 3.05) is 6.54 Å². The largest absolute Gasteiger partial charge is 0.313 e. The highest BCUT2D eigenvalue weighted by molar-refractivity contribution is 9.10. The minimum absolute atomic E-state index is 0.865. The SMILES string of the molecule is CCNCc1ccc(Br)cc1Sc1nncn1C. The van der Waals surface area contributed by atoms with E-state index in [0.717, 1.165) is 22.7 Å². The van der Waals surface area contributed by atoms with Gasteiger partial charge in [0.2, 0.25) is 0 Å². The minimum Gasteiger partial charge on any atom is -0.313 e. The van der Waals surface area contributed by atoms with Crippen LogP contribution in [-0.4, -0.2) is 21.3 Å². The Morgan fingerprint density at radius 2 is 2.28 bits per heavy atom. The molecule has 1 aromatic heterocycles. The van der Waals surface area contributed by atoms with E-state index in [-0.39, 0.29) is 0 Å². The summed E-state index contributed by atoms with van der Waals surface area (Å²) in [5.41, 5.74) is 1.27. The first-order chi connectivity index (χ1) is 8.70. The van der Waals surface area contributed by atoms with Crippen molar-refractivity contribution >= 4 is 27.7 Å². The van der Waals surface area contributed by atoms with Gasteiger partial charge in [-0.15, -0.1) is 10.2 Å². The summed E-state index contributed by atoms with van der Waals surface area (Å²) in [4.78, 5) is 1.20. The number of hydrogen-bond acceptors (Lipinski definition) is 4. The zero-order valence-electron chi connectivity index (χ0n) is 10.4. The predicted molar refractivity (Wildman–Crippen MR) is 76.6 cm³/mol. The third-order valence-electron chi connectivity index (χ3n) is 2.47. The molecule has 0 aliphatic heterocycles. The molecule has 18 heavy (non-hydrogen) atoms. The minimum atomic E-state index is 0.865. The molecule has 0 aliphatic rings. The third-order valence-corrected chi connectivity index (χ3v) is 4.11. The molecule has 6 heteroatoms. The van der Waals surface area contributed by atoms with E-state index in [1.165, 1.54) is 10.5 Å². The van der Waals surface area contributed by atoms with Crippen LogP contribution in [0.4, 0.5) is 0 Å². The molecule has 0 saturated carbocycles. The number of aromatic nitrogens is 3. The van der Waals surface area contributed by atoms with Gasteiger partial charge in [0, 0.05) is 23.0 Å². The maximum atomic E-state index is 4.10. The van der Waals surface area contributed by atoms with Crippen LogP contribution in [0.15, 0.2) is 39.1 Å². The van der Waals surface area contributed by atoms with Crippen molar-refractivity contribution in [2.24, 2.45) is 7.05 Å². The van der Waals surface area contributed by atoms with Gasteiger partial charge in [-0.05, 0) is 36.0 Å². The molecular weight excluding hydrogens is 312 g/mol. The van der Waals surface area contributed by atoms with Gasteiger partial charge in [0.25, 0.3) is 0 Å². The van der Waals surface area contributed by atoms with Crippen molar-refractivity contribution in [3.05, 3.63) is 34.6 Å². The molecule has 0 unspecified atom stereocenters. The Bertz CT molecular complexity index is 527. The summed E-state index contributed by atoms with van der Waals surface area (Å²) < 4.78 is 3.00. The van der Waals surface area contributed by atoms with Gasteiger partial charge >= 0.3 is 0 Å². The molecule has 1 heterocycles. The highest BCUT2D eigenvalue weighted by Crippen LogP contribution is 2.31. The third kappa shape index (κ3) is 3.34. The smallest absolute Gasteiger partial charge is 0.195 e. The second kappa shape index (κ2) is 6.36. The van der Waals surface area contributed by atoms with Crippen molar-refractivity contribution in [1.82, 2.24) is 20.1 Å². The standard InChI is InChI=1S/C12H15BrN4S/c1-3-14-7-9-4-5-10(13)6-11(9)18-12-16-15-8-17(12)2/h4-6,8,14H,3,7H2,1-2H3. The number of hydrogen-bond donors (Lipinski definition) is 1. The van der Waals surface area contributed by atoms with Crippen LogP contribution < -0.4 is 5.32 Å². The number of halogens is 1. The Morgan fingerprint density at radius 1 is 1.44 bits per heavy atom. The van der Waals surface area contributed by atoms with Crippen molar-refractivity contribution in [1.29, 1.82) is 0 Å². The second-order valence-corrected chi connectivity index (χ2v) is 5.78. The van der Waals surface area contributed by atoms with E-state index >= 15 is 0 Å². The Labute approximate surface area is 119 Å². The van der Waals surface area contributed by atoms with Crippen LogP contribution in [0, 0.1) is 0 Å². The Kier molecular flexibility index (Phi) is 4.79. The lowest BCUT2D eigenvalue weighted by molar-refractivity contribution is 0.717. The van der Waals surface area contributed by atoms with E-state index in [1.54, 1.807) is 18.1 Å². The van der Waals surface area contributed by atoms with Crippen molar-refractivity contribution in [2.45, 2.75) is 23.5 Å². The number of rotatable bonds is 5. The summed E-state index contributed by atoms with van der Waals surface area (Å²) in [7, 11) is 1.95. The first kappa shape index (κ1) is 13.6. The first-order valence-corrected chi connectivity index (χ1v) is 7.32. The van der Waals surface area contributed by atoms with Crippen LogP contribution in [0.3, 0.4) is 0 Å². The molecule has 0 radical (unpaired) electrons. The summed E-state index contributed by atoms with van der Waals surface area (Å²) >= 11 is 5.14. The highest BCUT2D eigenvalue weighted by atomic mass is 79.9. The highest BCUT2D eigenvalue weighted by Gasteiger charge is 2.08. The normalized spacial score (nSPS) is 10.8. The predicted octanol–water partition coefficient (Wildman–Crippen LogP) is 2.84. The van der Waals surface area contributed by atoms with Gasteiger partial charge < -0.3 is 9.88 Å². The zero-order chi connectivity index (χ0) is 13.0. The van der Waals surface area contributed by atoms with Gasteiger partial charge in [0.1, 0.15) is 6.33 Å². The maximum absolute atomic E-state index is 4.10. The number of aryl methyl sites for hydroxylation is 1. The van der Waals surface area contributed by atoms with Crippen LogP contribution in [0.5, 0.6) is 0 Å². The van der Waals surface area contributed by atoms with Crippen LogP contribution in [0.2, 0.25) is 0 Å². The second-order valence-electron chi connectivity index (χ2n) is 3.86. The van der Waals surface area contributed by atoms with E-state index in [4.69, 9.17) is 0 Å². The Balaban J connectivity index is 2.24. The Morgan fingerprint density at radius 3 is 2.94 bits per heavy atom. The van der Waals surface area contributed by atoms with Crippen LogP contribution in [0.25, 0.3) is 0 Å². The van der Waals surface area contributed by atoms with Crippen molar-refractivity contribution in [3.8, 4) is 0 Å². The molecule has 0 saturated heterocycles. The molecule has 1 N–H and O–H groups in total. The number of nitrogens with one attached hydrogen (secondary N) is 1. The molecule has 0 atom stereocenters. The molecule has 1 aromatic carbocycles. The summed E-state index contributed by atoms with van der Waals surface area (Å²) in [6, 6.07) is 6.31. The van der Waals surface area contributed by atoms with Gasteiger partial charge in [-0.2, -0.15) is 0 Å². The quantitative estimate of drug-likeness (QED) is 0.917. The summed E-state index contributed by atoms with van der Waals surface area (Å²) in [6.45, 7) is 3.93. The van der Waals surface area contributed by atoms with Gasteiger partial charge in [0.05, 0.1) is 0 Å². The number of nitrogens with zero attached hydrogens (tertiary/aromatic N) is 3. The molecule has 0 amide bonds. The molecule has 0 aliphatic carbocycles. The summed E-state index contributed by atoms with van der Waals surface area (Å²) in [6.07, 6.45) is 1.71. The van der Waals surface area contributed by atoms with Gasteiger partial charge in [-0.25, -0.2) is 0 Å². The molecule has 0 spiro atoms. The fraction of sp³-hybridized carbons (Fsp3) is 0.333. The topological polar surface area (TPSA) is 42.7 Å². The van der Waals surface area contributed by atoms with Crippen LogP contribution in [0.1, 0.15) is 12.5 Å². The van der Waals surface area contributed by atoms with E-state index in [2.05, 4.69) is 56.6 Å². The molecule has 96 valence electrons. The average molecular weight is 327 g/mol. The molecule has 2 rings (SSSR count). The van der Waals surface area contributed by atoms with Gasteiger partial charge in [-0.3, -0.25) is 0 Å². The van der Waals surface area contributed by atoms with E-state index in [0.29, 0.717) is 0 Å². The summed E-state index contributed by atoms with van der Waals surface area (Å²) in [5, 5.41) is 12.2. The van der Waals surface area contributed by atoms with Crippen molar-refractivity contribution < 1.29 is 0 Å².